The van der Waals surface area contributed by atoms with Gasteiger partial charge < -0.3 is 18.1 Å². The molecule has 0 amide bonds. The highest BCUT2D eigenvalue weighted by Gasteiger charge is 2.25. The molecule has 4 heteroatoms. The zero-order valence-electron chi connectivity index (χ0n) is 28.0. The second-order valence-electron chi connectivity index (χ2n) is 13.7. The topological polar surface area (TPSA) is 27.9 Å². The average molecular weight is 664 g/mol. The number of hydrogen-bond donors (Lipinski definition) is 0. The van der Waals surface area contributed by atoms with Crippen molar-refractivity contribution in [2.75, 3.05) is 0 Å². The molecular weight excluding hydrogens is 635 g/mol. The molecule has 242 valence electrons. The SMILES string of the molecule is c1ccc(-n2c3ccccc3c3ccc4c5ccc6c7ccccc7n(-c7ccccc7)c6c5n(-c5ccc6c(c5)oc5ccccc56)c4c32)cc1. The van der Waals surface area contributed by atoms with E-state index < -0.39 is 0 Å². The largest absolute Gasteiger partial charge is 0.456 e. The van der Waals surface area contributed by atoms with Crippen molar-refractivity contribution in [3.63, 3.8) is 0 Å². The number of fused-ring (bicyclic) bond motifs is 14. The molecule has 0 unspecified atom stereocenters. The fraction of sp³-hybridized carbons (Fsp3) is 0. The van der Waals surface area contributed by atoms with Crippen molar-refractivity contribution in [2.45, 2.75) is 0 Å². The molecule has 0 aliphatic heterocycles. The van der Waals surface area contributed by atoms with Gasteiger partial charge in [0.05, 0.1) is 38.8 Å². The lowest BCUT2D eigenvalue weighted by atomic mass is 10.1. The third-order valence-electron chi connectivity index (χ3n) is 11.0. The number of nitrogens with zero attached hydrogens (tertiary/aromatic N) is 3. The predicted molar refractivity (Wildman–Crippen MR) is 217 cm³/mol. The van der Waals surface area contributed by atoms with Crippen molar-refractivity contribution in [3.8, 4) is 17.1 Å². The lowest BCUT2D eigenvalue weighted by Gasteiger charge is -2.14. The highest BCUT2D eigenvalue weighted by Crippen LogP contribution is 2.46. The zero-order chi connectivity index (χ0) is 33.9. The number of furan rings is 1. The molecule has 0 N–H and O–H groups in total. The zero-order valence-corrected chi connectivity index (χ0v) is 28.0. The lowest BCUT2D eigenvalue weighted by molar-refractivity contribution is 0.668. The van der Waals surface area contributed by atoms with Crippen LogP contribution in [-0.2, 0) is 0 Å². The van der Waals surface area contributed by atoms with Gasteiger partial charge in [0.2, 0.25) is 0 Å². The van der Waals surface area contributed by atoms with E-state index in [0.29, 0.717) is 0 Å². The van der Waals surface area contributed by atoms with Crippen LogP contribution in [0, 0.1) is 0 Å². The van der Waals surface area contributed by atoms with Crippen molar-refractivity contribution in [2.24, 2.45) is 0 Å². The summed E-state index contributed by atoms with van der Waals surface area (Å²) in [6.45, 7) is 0. The van der Waals surface area contributed by atoms with Crippen molar-refractivity contribution in [1.82, 2.24) is 13.7 Å². The van der Waals surface area contributed by atoms with Crippen molar-refractivity contribution in [3.05, 3.63) is 176 Å². The molecule has 0 radical (unpaired) electrons. The van der Waals surface area contributed by atoms with Gasteiger partial charge in [-0.15, -0.1) is 0 Å². The molecule has 0 aliphatic rings. The van der Waals surface area contributed by atoms with Crippen LogP contribution in [0.3, 0.4) is 0 Å². The number of para-hydroxylation sites is 5. The predicted octanol–water partition coefficient (Wildman–Crippen LogP) is 12.9. The van der Waals surface area contributed by atoms with Crippen LogP contribution in [0.4, 0.5) is 0 Å². The van der Waals surface area contributed by atoms with Gasteiger partial charge in [0.1, 0.15) is 11.2 Å². The van der Waals surface area contributed by atoms with Crippen LogP contribution in [0.1, 0.15) is 0 Å². The quantitative estimate of drug-likeness (QED) is 0.185. The second kappa shape index (κ2) is 10.3. The average Bonchev–Trinajstić information content (AvgIpc) is 3.94. The molecule has 12 rings (SSSR count). The minimum absolute atomic E-state index is 0.875. The Morgan fingerprint density at radius 1 is 0.269 bits per heavy atom. The van der Waals surface area contributed by atoms with Crippen molar-refractivity contribution >= 4 is 87.4 Å². The maximum atomic E-state index is 6.55. The molecule has 8 aromatic carbocycles. The minimum Gasteiger partial charge on any atom is -0.456 e. The number of rotatable bonds is 3. The first-order valence-corrected chi connectivity index (χ1v) is 17.8. The maximum absolute atomic E-state index is 6.55. The van der Waals surface area contributed by atoms with E-state index in [1.807, 2.05) is 6.07 Å². The van der Waals surface area contributed by atoms with Gasteiger partial charge in [-0.1, -0.05) is 115 Å². The van der Waals surface area contributed by atoms with E-state index in [1.54, 1.807) is 0 Å². The lowest BCUT2D eigenvalue weighted by Crippen LogP contribution is -2.00. The van der Waals surface area contributed by atoms with E-state index in [0.717, 1.165) is 39.0 Å². The van der Waals surface area contributed by atoms with Crippen LogP contribution in [0.5, 0.6) is 0 Å². The number of hydrogen-bond acceptors (Lipinski definition) is 1. The maximum Gasteiger partial charge on any atom is 0.137 e. The molecule has 0 spiro atoms. The Labute approximate surface area is 297 Å². The van der Waals surface area contributed by atoms with Gasteiger partial charge in [-0.25, -0.2) is 0 Å². The molecule has 0 bridgehead atoms. The van der Waals surface area contributed by atoms with Crippen LogP contribution in [0.2, 0.25) is 0 Å². The third-order valence-corrected chi connectivity index (χ3v) is 11.0. The standard InChI is InChI=1S/C48H29N3O/c1-3-13-30(14-4-1)49-41-20-10-7-17-33(41)37-25-27-39-40-28-26-38-34-18-8-11-21-42(34)50(31-15-5-2-6-16-31)46(38)48(40)51(47(39)45(37)49)32-23-24-36-35-19-9-12-22-43(35)52-44(36)29-32/h1-29H. The second-order valence-corrected chi connectivity index (χ2v) is 13.7. The molecule has 0 fully saturated rings. The molecule has 12 aromatic rings. The summed E-state index contributed by atoms with van der Waals surface area (Å²) in [5, 5.41) is 9.57. The van der Waals surface area contributed by atoms with Gasteiger partial charge in [-0.05, 0) is 54.6 Å². The molecule has 0 saturated carbocycles. The van der Waals surface area contributed by atoms with E-state index in [2.05, 4.69) is 184 Å². The summed E-state index contributed by atoms with van der Waals surface area (Å²) < 4.78 is 14.0. The van der Waals surface area contributed by atoms with E-state index in [4.69, 9.17) is 4.42 Å². The summed E-state index contributed by atoms with van der Waals surface area (Å²) in [5.74, 6) is 0. The summed E-state index contributed by atoms with van der Waals surface area (Å²) >= 11 is 0. The van der Waals surface area contributed by atoms with Gasteiger partial charge in [0, 0.05) is 60.5 Å². The Hall–Kier alpha value is -7.04. The Bertz CT molecular complexity index is 3220. The molecule has 4 nitrogen and oxygen atoms in total. The number of aromatic nitrogens is 3. The Morgan fingerprint density at radius 3 is 1.23 bits per heavy atom. The first-order valence-electron chi connectivity index (χ1n) is 17.8. The Morgan fingerprint density at radius 2 is 0.673 bits per heavy atom. The molecule has 0 aliphatic carbocycles. The van der Waals surface area contributed by atoms with Crippen molar-refractivity contribution < 1.29 is 4.42 Å². The van der Waals surface area contributed by atoms with Gasteiger partial charge >= 0.3 is 0 Å². The van der Waals surface area contributed by atoms with E-state index in [-0.39, 0.29) is 0 Å². The summed E-state index contributed by atoms with van der Waals surface area (Å²) in [6.07, 6.45) is 0. The molecule has 4 heterocycles. The van der Waals surface area contributed by atoms with Crippen LogP contribution in [-0.4, -0.2) is 13.7 Å². The van der Waals surface area contributed by atoms with E-state index in [1.165, 1.54) is 65.4 Å². The first kappa shape index (κ1) is 27.7. The summed E-state index contributed by atoms with van der Waals surface area (Å²) in [5.41, 5.74) is 12.2. The van der Waals surface area contributed by atoms with Crippen LogP contribution in [0.15, 0.2) is 180 Å². The smallest absolute Gasteiger partial charge is 0.137 e. The Kier molecular flexibility index (Phi) is 5.47. The number of benzene rings is 8. The monoisotopic (exact) mass is 663 g/mol. The molecule has 4 aromatic heterocycles. The highest BCUT2D eigenvalue weighted by atomic mass is 16.3. The summed E-state index contributed by atoms with van der Waals surface area (Å²) in [7, 11) is 0. The van der Waals surface area contributed by atoms with E-state index in [9.17, 15) is 0 Å². The van der Waals surface area contributed by atoms with Gasteiger partial charge in [0.15, 0.2) is 0 Å². The van der Waals surface area contributed by atoms with Gasteiger partial charge in [0.25, 0.3) is 0 Å². The molecule has 52 heavy (non-hydrogen) atoms. The van der Waals surface area contributed by atoms with Crippen LogP contribution < -0.4 is 0 Å². The molecule has 0 atom stereocenters. The van der Waals surface area contributed by atoms with Gasteiger partial charge in [-0.3, -0.25) is 0 Å². The fourth-order valence-electron chi connectivity index (χ4n) is 8.88. The van der Waals surface area contributed by atoms with E-state index >= 15 is 0 Å². The summed E-state index contributed by atoms with van der Waals surface area (Å²) in [6, 6.07) is 63.5. The summed E-state index contributed by atoms with van der Waals surface area (Å²) in [4.78, 5) is 0. The first-order chi connectivity index (χ1) is 25.8. The van der Waals surface area contributed by atoms with Gasteiger partial charge in [-0.2, -0.15) is 0 Å². The normalized spacial score (nSPS) is 12.2. The molecule has 0 saturated heterocycles. The molecular formula is C48H29N3O. The fourth-order valence-corrected chi connectivity index (χ4v) is 8.88. The van der Waals surface area contributed by atoms with Crippen LogP contribution in [0.25, 0.3) is 104 Å². The Balaban J connectivity index is 1.36. The third kappa shape index (κ3) is 3.60. The highest BCUT2D eigenvalue weighted by molar-refractivity contribution is 6.29. The van der Waals surface area contributed by atoms with Crippen LogP contribution >= 0.6 is 0 Å². The minimum atomic E-state index is 0.875. The van der Waals surface area contributed by atoms with Crippen molar-refractivity contribution in [1.29, 1.82) is 0 Å².